The molecule has 24 heavy (non-hydrogen) atoms. The molecule has 0 bridgehead atoms. The standard InChI is InChI=1S/C14H13N3O6S/c1-23-14(20)10-7-8-11(18)17(10)13(19)12(16-15)24(21,22)9-5-3-2-4-6-9/h2-6,10H,7-8H2,1H3/p+1/b13-12+/t10-/m0/s1. The minimum Gasteiger partial charge on any atom is -0.488 e. The van der Waals surface area contributed by atoms with Gasteiger partial charge in [0.15, 0.2) is 4.98 Å². The Balaban J connectivity index is 2.56. The van der Waals surface area contributed by atoms with Crippen molar-refractivity contribution in [2.24, 2.45) is 0 Å². The monoisotopic (exact) mass is 352 g/mol. The van der Waals surface area contributed by atoms with Gasteiger partial charge < -0.3 is 9.84 Å². The highest BCUT2D eigenvalue weighted by atomic mass is 32.2. The Bertz CT molecular complexity index is 841. The molecule has 1 fully saturated rings. The third-order valence-electron chi connectivity index (χ3n) is 3.50. The second kappa shape index (κ2) is 6.67. The molecule has 0 aliphatic carbocycles. The van der Waals surface area contributed by atoms with E-state index in [2.05, 4.69) is 9.71 Å². The van der Waals surface area contributed by atoms with E-state index in [1.807, 2.05) is 0 Å². The molecule has 1 N–H and O–H groups in total. The van der Waals surface area contributed by atoms with Crippen molar-refractivity contribution in [3.63, 3.8) is 0 Å². The van der Waals surface area contributed by atoms with Gasteiger partial charge in [-0.2, -0.15) is 0 Å². The van der Waals surface area contributed by atoms with Crippen molar-refractivity contribution in [2.75, 3.05) is 7.11 Å². The van der Waals surface area contributed by atoms with E-state index in [1.165, 1.54) is 24.3 Å². The van der Waals surface area contributed by atoms with Crippen molar-refractivity contribution in [1.29, 1.82) is 5.39 Å². The maximum absolute atomic E-state index is 12.5. The first kappa shape index (κ1) is 17.4. The number of likely N-dealkylation sites (tertiary alicyclic amines) is 1. The van der Waals surface area contributed by atoms with Crippen LogP contribution in [0.15, 0.2) is 46.1 Å². The van der Waals surface area contributed by atoms with Crippen molar-refractivity contribution in [1.82, 2.24) is 4.90 Å². The Kier molecular flexibility index (Phi) is 4.85. The molecular weight excluding hydrogens is 338 g/mol. The van der Waals surface area contributed by atoms with Gasteiger partial charge >= 0.3 is 16.9 Å². The molecule has 0 radical (unpaired) electrons. The van der Waals surface area contributed by atoms with E-state index >= 15 is 0 Å². The zero-order valence-corrected chi connectivity index (χ0v) is 13.4. The van der Waals surface area contributed by atoms with Crippen LogP contribution < -0.4 is 0 Å². The summed E-state index contributed by atoms with van der Waals surface area (Å²) in [6.07, 6.45) is -0.0480. The number of rotatable bonds is 4. The van der Waals surface area contributed by atoms with Gasteiger partial charge in [-0.1, -0.05) is 18.2 Å². The first-order chi connectivity index (χ1) is 11.3. The van der Waals surface area contributed by atoms with Gasteiger partial charge in [-0.3, -0.25) is 9.69 Å². The van der Waals surface area contributed by atoms with Crippen LogP contribution in [0.25, 0.3) is 4.98 Å². The Morgan fingerprint density at radius 2 is 2.00 bits per heavy atom. The van der Waals surface area contributed by atoms with Crippen molar-refractivity contribution in [2.45, 2.75) is 23.8 Å². The highest BCUT2D eigenvalue weighted by Crippen LogP contribution is 2.29. The molecule has 1 saturated heterocycles. The lowest BCUT2D eigenvalue weighted by Gasteiger charge is -2.19. The predicted molar refractivity (Wildman–Crippen MR) is 80.3 cm³/mol. The fraction of sp³-hybridized carbons (Fsp3) is 0.286. The molecule has 0 spiro atoms. The Labute approximate surface area is 137 Å². The molecule has 0 aromatic heterocycles. The molecule has 1 aromatic rings. The molecule has 1 aliphatic rings. The lowest BCUT2D eigenvalue weighted by molar-refractivity contribution is -0.149. The third-order valence-corrected chi connectivity index (χ3v) is 5.17. The number of ether oxygens (including phenoxy) is 1. The molecule has 1 aromatic carbocycles. The highest BCUT2D eigenvalue weighted by Gasteiger charge is 2.47. The number of methoxy groups -OCH3 is 1. The van der Waals surface area contributed by atoms with Crippen LogP contribution in [0.1, 0.15) is 12.8 Å². The van der Waals surface area contributed by atoms with E-state index in [0.29, 0.717) is 4.90 Å². The van der Waals surface area contributed by atoms with Gasteiger partial charge in [0.1, 0.15) is 6.04 Å². The van der Waals surface area contributed by atoms with Crippen molar-refractivity contribution < 1.29 is 27.9 Å². The van der Waals surface area contributed by atoms with Gasteiger partial charge in [0.25, 0.3) is 9.84 Å². The van der Waals surface area contributed by atoms with Crippen molar-refractivity contribution in [3.8, 4) is 0 Å². The van der Waals surface area contributed by atoms with Gasteiger partial charge in [0.2, 0.25) is 11.3 Å². The van der Waals surface area contributed by atoms with E-state index in [9.17, 15) is 23.1 Å². The SMILES string of the molecule is COC(=O)[C@@H]1CCC(=O)N1/C(O)=C(/[N+]#N)S(=O)(=O)c1ccccc1. The van der Waals surface area contributed by atoms with Gasteiger partial charge in [-0.05, 0) is 18.6 Å². The molecule has 2 rings (SSSR count). The molecular formula is C14H14N3O6S+. The van der Waals surface area contributed by atoms with Gasteiger partial charge in [-0.15, -0.1) is 0 Å². The Morgan fingerprint density at radius 3 is 2.54 bits per heavy atom. The number of aliphatic hydroxyl groups is 1. The summed E-state index contributed by atoms with van der Waals surface area (Å²) in [6, 6.07) is 5.74. The second-order valence-corrected chi connectivity index (χ2v) is 6.75. The number of nitrogens with zero attached hydrogens (tertiary/aromatic N) is 3. The number of sulfone groups is 1. The highest BCUT2D eigenvalue weighted by molar-refractivity contribution is 7.95. The number of hydrogen-bond donors (Lipinski definition) is 1. The van der Waals surface area contributed by atoms with Gasteiger partial charge in [0, 0.05) is 6.42 Å². The number of carbonyl (C=O) groups is 2. The summed E-state index contributed by atoms with van der Waals surface area (Å²) in [6.45, 7) is 0. The number of esters is 1. The van der Waals surface area contributed by atoms with E-state index in [4.69, 9.17) is 5.39 Å². The maximum Gasteiger partial charge on any atom is 0.538 e. The molecule has 9 nitrogen and oxygen atoms in total. The quantitative estimate of drug-likeness (QED) is 0.489. The average molecular weight is 352 g/mol. The molecule has 0 saturated carbocycles. The lowest BCUT2D eigenvalue weighted by Crippen LogP contribution is -2.39. The number of benzene rings is 1. The largest absolute Gasteiger partial charge is 0.538 e. The summed E-state index contributed by atoms with van der Waals surface area (Å²) in [4.78, 5) is 26.6. The number of amides is 1. The molecule has 126 valence electrons. The molecule has 10 heteroatoms. The molecule has 1 aliphatic heterocycles. The van der Waals surface area contributed by atoms with Crippen LogP contribution in [0.2, 0.25) is 0 Å². The predicted octanol–water partition coefficient (Wildman–Crippen LogP) is 1.16. The first-order valence-corrected chi connectivity index (χ1v) is 8.31. The van der Waals surface area contributed by atoms with Crippen molar-refractivity contribution in [3.05, 3.63) is 46.2 Å². The van der Waals surface area contributed by atoms with E-state index in [0.717, 1.165) is 7.11 Å². The van der Waals surface area contributed by atoms with Gasteiger partial charge in [0.05, 0.1) is 12.0 Å². The summed E-state index contributed by atoms with van der Waals surface area (Å²) < 4.78 is 29.5. The molecule has 1 atom stereocenters. The van der Waals surface area contributed by atoms with Crippen LogP contribution in [-0.4, -0.2) is 43.5 Å². The first-order valence-electron chi connectivity index (χ1n) is 6.83. The minimum atomic E-state index is -4.40. The maximum atomic E-state index is 12.5. The summed E-state index contributed by atoms with van der Waals surface area (Å²) in [5.74, 6) is -2.63. The Hall–Kier alpha value is -2.93. The van der Waals surface area contributed by atoms with Crippen LogP contribution in [0, 0.1) is 5.39 Å². The molecule has 0 unspecified atom stereocenters. The zero-order chi connectivity index (χ0) is 17.9. The topological polar surface area (TPSA) is 129 Å². The lowest BCUT2D eigenvalue weighted by atomic mass is 10.2. The van der Waals surface area contributed by atoms with Crippen LogP contribution in [-0.2, 0) is 24.2 Å². The van der Waals surface area contributed by atoms with E-state index in [-0.39, 0.29) is 17.7 Å². The molecule has 1 amide bonds. The number of hydrogen-bond acceptors (Lipinski definition) is 7. The number of diazo groups is 1. The fourth-order valence-electron chi connectivity index (χ4n) is 2.34. The van der Waals surface area contributed by atoms with Crippen LogP contribution in [0.5, 0.6) is 0 Å². The fourth-order valence-corrected chi connectivity index (χ4v) is 3.53. The summed E-state index contributed by atoms with van der Waals surface area (Å²) in [5, 5.41) is 18.2. The Morgan fingerprint density at radius 1 is 1.38 bits per heavy atom. The average Bonchev–Trinajstić information content (AvgIpc) is 2.96. The number of carbonyl (C=O) groups excluding carboxylic acids is 2. The summed E-state index contributed by atoms with van der Waals surface area (Å²) in [7, 11) is -3.30. The van der Waals surface area contributed by atoms with Crippen LogP contribution in [0.3, 0.4) is 0 Å². The zero-order valence-electron chi connectivity index (χ0n) is 12.6. The van der Waals surface area contributed by atoms with Crippen LogP contribution in [0.4, 0.5) is 0 Å². The van der Waals surface area contributed by atoms with Crippen LogP contribution >= 0.6 is 0 Å². The third kappa shape index (κ3) is 2.93. The second-order valence-electron chi connectivity index (χ2n) is 4.89. The molecule has 1 heterocycles. The van der Waals surface area contributed by atoms with Gasteiger partial charge in [-0.25, -0.2) is 13.2 Å². The van der Waals surface area contributed by atoms with E-state index < -0.39 is 38.7 Å². The van der Waals surface area contributed by atoms with E-state index in [1.54, 1.807) is 6.07 Å². The number of aliphatic hydroxyl groups excluding tert-OH is 1. The summed E-state index contributed by atoms with van der Waals surface area (Å²) in [5.41, 5.74) is 0. The normalized spacial score (nSPS) is 18.8. The minimum absolute atomic E-state index is 0.0413. The smallest absolute Gasteiger partial charge is 0.488 e. The van der Waals surface area contributed by atoms with Crippen molar-refractivity contribution >= 4 is 21.7 Å². The summed E-state index contributed by atoms with van der Waals surface area (Å²) >= 11 is 0.